The number of methoxy groups -OCH3 is 1. The molecular weight excluding hydrogens is 429 g/mol. The lowest BCUT2D eigenvalue weighted by Crippen LogP contribution is -2.38. The second kappa shape index (κ2) is 9.76. The topological polar surface area (TPSA) is 45.7 Å². The van der Waals surface area contributed by atoms with Crippen molar-refractivity contribution in [1.82, 2.24) is 9.88 Å². The molecule has 1 aromatic heterocycles. The third kappa shape index (κ3) is 4.83. The third-order valence-electron chi connectivity index (χ3n) is 4.77. The molecule has 2 aromatic carbocycles. The van der Waals surface area contributed by atoms with Gasteiger partial charge >= 0.3 is 0 Å². The van der Waals surface area contributed by atoms with E-state index in [-0.39, 0.29) is 5.91 Å². The van der Waals surface area contributed by atoms with Gasteiger partial charge in [0.1, 0.15) is 11.3 Å². The summed E-state index contributed by atoms with van der Waals surface area (Å²) in [6, 6.07) is 10.5. The van der Waals surface area contributed by atoms with Crippen molar-refractivity contribution >= 4 is 55.8 Å². The summed E-state index contributed by atoms with van der Waals surface area (Å²) in [6.07, 6.45) is 0. The number of fused-ring (bicyclic) bond motifs is 1. The summed E-state index contributed by atoms with van der Waals surface area (Å²) < 4.78 is 6.23. The largest absolute Gasteiger partial charge is 0.494 e. The van der Waals surface area contributed by atoms with E-state index in [4.69, 9.17) is 32.9 Å². The molecule has 5 nitrogen and oxygen atoms in total. The Bertz CT molecular complexity index is 988. The number of hydrogen-bond donors (Lipinski definition) is 0. The predicted molar refractivity (Wildman–Crippen MR) is 122 cm³/mol. The van der Waals surface area contributed by atoms with E-state index < -0.39 is 0 Å². The Morgan fingerprint density at radius 3 is 2.38 bits per heavy atom. The van der Waals surface area contributed by atoms with Gasteiger partial charge in [0.15, 0.2) is 5.13 Å². The number of nitrogens with zero attached hydrogens (tertiary/aromatic N) is 3. The van der Waals surface area contributed by atoms with Crippen LogP contribution in [0.4, 0.5) is 5.13 Å². The first kappa shape index (κ1) is 21.8. The highest BCUT2D eigenvalue weighted by atomic mass is 35.5. The van der Waals surface area contributed by atoms with Gasteiger partial charge in [0.2, 0.25) is 0 Å². The highest BCUT2D eigenvalue weighted by molar-refractivity contribution is 7.23. The van der Waals surface area contributed by atoms with Gasteiger partial charge in [-0.15, -0.1) is 0 Å². The number of hydrogen-bond acceptors (Lipinski definition) is 5. The predicted octanol–water partition coefficient (Wildman–Crippen LogP) is 5.60. The van der Waals surface area contributed by atoms with Crippen molar-refractivity contribution in [3.63, 3.8) is 0 Å². The zero-order valence-electron chi connectivity index (χ0n) is 16.6. The van der Waals surface area contributed by atoms with Crippen LogP contribution < -0.4 is 9.64 Å². The average Bonchev–Trinajstić information content (AvgIpc) is 3.18. The minimum Gasteiger partial charge on any atom is -0.494 e. The molecule has 0 N–H and O–H groups in total. The van der Waals surface area contributed by atoms with E-state index in [2.05, 4.69) is 18.7 Å². The fourth-order valence-corrected chi connectivity index (χ4v) is 4.44. The van der Waals surface area contributed by atoms with Gasteiger partial charge in [-0.05, 0) is 49.5 Å². The molecule has 0 aliphatic carbocycles. The number of ether oxygens (including phenoxy) is 1. The van der Waals surface area contributed by atoms with Crippen LogP contribution in [0.3, 0.4) is 0 Å². The van der Waals surface area contributed by atoms with E-state index in [1.54, 1.807) is 48.4 Å². The molecule has 1 heterocycles. The number of amides is 1. The van der Waals surface area contributed by atoms with Crippen LogP contribution in [-0.2, 0) is 0 Å². The summed E-state index contributed by atoms with van der Waals surface area (Å²) in [5, 5.41) is 1.78. The summed E-state index contributed by atoms with van der Waals surface area (Å²) in [7, 11) is 1.60. The molecule has 3 rings (SSSR count). The number of benzene rings is 2. The van der Waals surface area contributed by atoms with Gasteiger partial charge in [0.25, 0.3) is 5.91 Å². The normalized spacial score (nSPS) is 11.2. The summed E-state index contributed by atoms with van der Waals surface area (Å²) in [5.74, 6) is 0.512. The molecule has 0 saturated heterocycles. The lowest BCUT2D eigenvalue weighted by atomic mass is 10.2. The number of halogens is 2. The zero-order chi connectivity index (χ0) is 21.0. The van der Waals surface area contributed by atoms with Crippen LogP contribution in [0.15, 0.2) is 36.4 Å². The lowest BCUT2D eigenvalue weighted by molar-refractivity contribution is 0.0984. The molecule has 3 aromatic rings. The molecule has 0 radical (unpaired) electrons. The van der Waals surface area contributed by atoms with Gasteiger partial charge in [-0.2, -0.15) is 0 Å². The molecule has 0 unspecified atom stereocenters. The molecule has 1 amide bonds. The second-order valence-electron chi connectivity index (χ2n) is 6.41. The smallest absolute Gasteiger partial charge is 0.260 e. The van der Waals surface area contributed by atoms with E-state index in [0.29, 0.717) is 38.6 Å². The first-order chi connectivity index (χ1) is 14.0. The minimum atomic E-state index is -0.122. The average molecular weight is 452 g/mol. The maximum absolute atomic E-state index is 13.3. The summed E-state index contributed by atoms with van der Waals surface area (Å²) in [5.41, 5.74) is 1.23. The Morgan fingerprint density at radius 1 is 1.07 bits per heavy atom. The van der Waals surface area contributed by atoms with Crippen molar-refractivity contribution in [2.45, 2.75) is 13.8 Å². The van der Waals surface area contributed by atoms with Gasteiger partial charge in [0, 0.05) is 23.7 Å². The number of likely N-dealkylation sites (N-methyl/N-ethyl adjacent to an activating group) is 1. The molecule has 0 spiro atoms. The van der Waals surface area contributed by atoms with Crippen molar-refractivity contribution in [2.75, 3.05) is 38.2 Å². The number of aromatic nitrogens is 1. The number of rotatable bonds is 8. The standard InChI is InChI=1S/C21H23Cl2N3O2S/c1-4-25(5-2)12-13-26(20(27)14-6-8-15(22)9-7-14)21-24-18-17(28-3)11-10-16(23)19(18)29-21/h6-11H,4-5,12-13H2,1-3H3. The van der Waals surface area contributed by atoms with Gasteiger partial charge in [-0.1, -0.05) is 48.4 Å². The molecule has 8 heteroatoms. The fraction of sp³-hybridized carbons (Fsp3) is 0.333. The van der Waals surface area contributed by atoms with Crippen LogP contribution in [0.5, 0.6) is 5.75 Å². The van der Waals surface area contributed by atoms with Crippen LogP contribution in [0.1, 0.15) is 24.2 Å². The lowest BCUT2D eigenvalue weighted by Gasteiger charge is -2.24. The Labute approximate surface area is 184 Å². The van der Waals surface area contributed by atoms with Gasteiger partial charge in [0.05, 0.1) is 16.8 Å². The Morgan fingerprint density at radius 2 is 1.76 bits per heavy atom. The number of carbonyl (C=O) groups excluding carboxylic acids is 1. The number of thiazole rings is 1. The second-order valence-corrected chi connectivity index (χ2v) is 8.24. The molecule has 0 aliphatic heterocycles. The van der Waals surface area contributed by atoms with Crippen molar-refractivity contribution in [3.8, 4) is 5.75 Å². The van der Waals surface area contributed by atoms with E-state index in [1.807, 2.05) is 0 Å². The quantitative estimate of drug-likeness (QED) is 0.446. The third-order valence-corrected chi connectivity index (χ3v) is 6.56. The molecule has 0 aliphatic rings. The first-order valence-electron chi connectivity index (χ1n) is 9.41. The molecule has 0 saturated carbocycles. The van der Waals surface area contributed by atoms with Crippen LogP contribution in [0.2, 0.25) is 10.0 Å². The molecular formula is C21H23Cl2N3O2S. The molecule has 0 fully saturated rings. The SMILES string of the molecule is CCN(CC)CCN(C(=O)c1ccc(Cl)cc1)c1nc2c(OC)ccc(Cl)c2s1. The van der Waals surface area contributed by atoms with Crippen LogP contribution in [0.25, 0.3) is 10.2 Å². The highest BCUT2D eigenvalue weighted by Gasteiger charge is 2.23. The molecule has 154 valence electrons. The molecule has 29 heavy (non-hydrogen) atoms. The van der Waals surface area contributed by atoms with Gasteiger partial charge in [-0.3, -0.25) is 9.69 Å². The van der Waals surface area contributed by atoms with E-state index in [0.717, 1.165) is 24.3 Å². The van der Waals surface area contributed by atoms with Crippen LogP contribution in [-0.4, -0.2) is 49.1 Å². The highest BCUT2D eigenvalue weighted by Crippen LogP contribution is 2.39. The van der Waals surface area contributed by atoms with Crippen LogP contribution >= 0.6 is 34.5 Å². The van der Waals surface area contributed by atoms with E-state index in [9.17, 15) is 4.79 Å². The summed E-state index contributed by atoms with van der Waals surface area (Å²) >= 11 is 13.8. The summed E-state index contributed by atoms with van der Waals surface area (Å²) in [4.78, 5) is 22.0. The maximum Gasteiger partial charge on any atom is 0.260 e. The molecule has 0 bridgehead atoms. The Hall–Kier alpha value is -1.86. The minimum absolute atomic E-state index is 0.122. The fourth-order valence-electron chi connectivity index (χ4n) is 3.03. The van der Waals surface area contributed by atoms with Crippen molar-refractivity contribution in [3.05, 3.63) is 52.0 Å². The molecule has 0 atom stereocenters. The monoisotopic (exact) mass is 451 g/mol. The van der Waals surface area contributed by atoms with Gasteiger partial charge < -0.3 is 9.64 Å². The van der Waals surface area contributed by atoms with Crippen LogP contribution in [0, 0.1) is 0 Å². The van der Waals surface area contributed by atoms with Crippen molar-refractivity contribution in [1.29, 1.82) is 0 Å². The number of anilines is 1. The van der Waals surface area contributed by atoms with Gasteiger partial charge in [-0.25, -0.2) is 4.98 Å². The maximum atomic E-state index is 13.3. The van der Waals surface area contributed by atoms with Crippen molar-refractivity contribution < 1.29 is 9.53 Å². The first-order valence-corrected chi connectivity index (χ1v) is 11.0. The Kier molecular flexibility index (Phi) is 7.35. The van der Waals surface area contributed by atoms with E-state index in [1.165, 1.54) is 11.3 Å². The number of carbonyl (C=O) groups is 1. The van der Waals surface area contributed by atoms with E-state index >= 15 is 0 Å². The summed E-state index contributed by atoms with van der Waals surface area (Å²) in [6.45, 7) is 7.31. The Balaban J connectivity index is 2.02. The van der Waals surface area contributed by atoms with Crippen molar-refractivity contribution in [2.24, 2.45) is 0 Å². The zero-order valence-corrected chi connectivity index (χ0v) is 18.9.